The van der Waals surface area contributed by atoms with Crippen molar-refractivity contribution in [1.82, 2.24) is 0 Å². The first-order valence-corrected chi connectivity index (χ1v) is 6.98. The zero-order valence-electron chi connectivity index (χ0n) is 12.8. The Balaban J connectivity index is 2.42. The summed E-state index contributed by atoms with van der Waals surface area (Å²) in [4.78, 5) is 3.00. The molecule has 0 heterocycles. The van der Waals surface area contributed by atoms with Gasteiger partial charge in [0, 0.05) is 12.6 Å². The largest absolute Gasteiger partial charge is 0.460 e. The molecular formula is C17H12F7N. The third-order valence-electron chi connectivity index (χ3n) is 3.54. The average molecular weight is 363 g/mol. The Morgan fingerprint density at radius 2 is 1.20 bits per heavy atom. The van der Waals surface area contributed by atoms with E-state index in [0.717, 1.165) is 24.7 Å². The molecule has 0 saturated carbocycles. The van der Waals surface area contributed by atoms with E-state index in [1.807, 2.05) is 0 Å². The van der Waals surface area contributed by atoms with Gasteiger partial charge in [0.25, 0.3) is 0 Å². The van der Waals surface area contributed by atoms with E-state index in [1.54, 1.807) is 30.3 Å². The Morgan fingerprint density at radius 1 is 0.720 bits per heavy atom. The normalized spacial score (nSPS) is 13.8. The van der Waals surface area contributed by atoms with E-state index in [2.05, 4.69) is 4.99 Å². The summed E-state index contributed by atoms with van der Waals surface area (Å²) >= 11 is 0. The molecule has 0 aliphatic heterocycles. The van der Waals surface area contributed by atoms with E-state index in [0.29, 0.717) is 5.56 Å². The number of benzene rings is 2. The molecule has 0 aliphatic rings. The molecule has 0 amide bonds. The molecule has 0 aliphatic carbocycles. The van der Waals surface area contributed by atoms with Crippen LogP contribution in [-0.2, 0) is 0 Å². The molecular weight excluding hydrogens is 351 g/mol. The fourth-order valence-electron chi connectivity index (χ4n) is 2.23. The van der Waals surface area contributed by atoms with Gasteiger partial charge in [-0.3, -0.25) is 4.99 Å². The van der Waals surface area contributed by atoms with Crippen LogP contribution in [0.1, 0.15) is 5.56 Å². The first kappa shape index (κ1) is 19.0. The molecule has 134 valence electrons. The third-order valence-corrected chi connectivity index (χ3v) is 3.54. The second-order valence-electron chi connectivity index (χ2n) is 5.16. The third kappa shape index (κ3) is 3.38. The average Bonchev–Trinajstić information content (AvgIpc) is 2.55. The van der Waals surface area contributed by atoms with E-state index in [-0.39, 0.29) is 0 Å². The lowest BCUT2D eigenvalue weighted by Crippen LogP contribution is -2.56. The van der Waals surface area contributed by atoms with E-state index < -0.39 is 29.3 Å². The van der Waals surface area contributed by atoms with Crippen LogP contribution in [0.3, 0.4) is 0 Å². The Hall–Kier alpha value is -2.38. The Kier molecular flexibility index (Phi) is 4.92. The minimum atomic E-state index is -6.41. The molecule has 2 aromatic carbocycles. The molecule has 2 aromatic rings. The highest BCUT2D eigenvalue weighted by Crippen LogP contribution is 2.48. The van der Waals surface area contributed by atoms with Gasteiger partial charge in [-0.15, -0.1) is 0 Å². The lowest BCUT2D eigenvalue weighted by atomic mass is 9.96. The van der Waals surface area contributed by atoms with Crippen LogP contribution in [0.4, 0.5) is 30.7 Å². The van der Waals surface area contributed by atoms with Crippen molar-refractivity contribution in [3.63, 3.8) is 0 Å². The highest BCUT2D eigenvalue weighted by Gasteiger charge is 2.74. The van der Waals surface area contributed by atoms with Crippen LogP contribution >= 0.6 is 0 Å². The lowest BCUT2D eigenvalue weighted by molar-refractivity contribution is -0.336. The number of aliphatic imine (C=N–C) groups is 1. The maximum Gasteiger partial charge on any atom is 0.460 e. The first-order chi connectivity index (χ1) is 11.5. The fraction of sp³-hybridized carbons (Fsp3) is 0.235. The summed E-state index contributed by atoms with van der Waals surface area (Å²) in [5.41, 5.74) is -0.826. The predicted octanol–water partition coefficient (Wildman–Crippen LogP) is 5.61. The second kappa shape index (κ2) is 6.50. The number of nitrogens with zero attached hydrogens (tertiary/aromatic N) is 1. The van der Waals surface area contributed by atoms with Gasteiger partial charge in [-0.05, 0) is 11.1 Å². The minimum absolute atomic E-state index is 0.517. The molecule has 8 heteroatoms. The molecule has 0 aromatic heterocycles. The van der Waals surface area contributed by atoms with Gasteiger partial charge in [0.05, 0.1) is 0 Å². The smallest absolute Gasteiger partial charge is 0.286 e. The van der Waals surface area contributed by atoms with Crippen LogP contribution in [0, 0.1) is 0 Å². The van der Waals surface area contributed by atoms with Crippen LogP contribution < -0.4 is 0 Å². The monoisotopic (exact) mass is 363 g/mol. The van der Waals surface area contributed by atoms with Gasteiger partial charge < -0.3 is 0 Å². The molecule has 0 atom stereocenters. The highest BCUT2D eigenvalue weighted by molar-refractivity contribution is 6.06. The number of alkyl halides is 7. The Morgan fingerprint density at radius 3 is 1.64 bits per heavy atom. The van der Waals surface area contributed by atoms with Crippen LogP contribution in [-0.4, -0.2) is 30.8 Å². The lowest BCUT2D eigenvalue weighted by Gasteiger charge is -2.29. The zero-order chi connectivity index (χ0) is 18.9. The summed E-state index contributed by atoms with van der Waals surface area (Å²) in [7, 11) is 0.737. The molecule has 1 nitrogen and oxygen atoms in total. The Bertz CT molecular complexity index is 747. The van der Waals surface area contributed by atoms with E-state index in [1.165, 1.54) is 12.1 Å². The van der Waals surface area contributed by atoms with Crippen LogP contribution in [0.5, 0.6) is 0 Å². The van der Waals surface area contributed by atoms with Crippen LogP contribution in [0.2, 0.25) is 0 Å². The number of hydrogen-bond acceptors (Lipinski definition) is 1. The van der Waals surface area contributed by atoms with Crippen molar-refractivity contribution in [2.75, 3.05) is 7.05 Å². The van der Waals surface area contributed by atoms with Crippen molar-refractivity contribution in [2.45, 2.75) is 18.0 Å². The molecule has 0 fully saturated rings. The van der Waals surface area contributed by atoms with Crippen molar-refractivity contribution in [3.8, 4) is 11.1 Å². The number of halogens is 7. The molecule has 0 unspecified atom stereocenters. The summed E-state index contributed by atoms with van der Waals surface area (Å²) in [5.74, 6) is -11.7. The summed E-state index contributed by atoms with van der Waals surface area (Å²) in [5, 5.41) is 0. The van der Waals surface area contributed by atoms with Crippen molar-refractivity contribution in [3.05, 3.63) is 60.2 Å². The predicted molar refractivity (Wildman–Crippen MR) is 80.3 cm³/mol. The second-order valence-corrected chi connectivity index (χ2v) is 5.16. The van der Waals surface area contributed by atoms with Crippen molar-refractivity contribution in [1.29, 1.82) is 0 Å². The van der Waals surface area contributed by atoms with Gasteiger partial charge in [0.15, 0.2) is 0 Å². The van der Waals surface area contributed by atoms with Gasteiger partial charge >= 0.3 is 18.0 Å². The quantitative estimate of drug-likeness (QED) is 0.495. The van der Waals surface area contributed by atoms with Gasteiger partial charge in [0.1, 0.15) is 5.71 Å². The number of hydrogen-bond donors (Lipinski definition) is 0. The molecule has 0 radical (unpaired) electrons. The molecule has 0 spiro atoms. The topological polar surface area (TPSA) is 12.4 Å². The summed E-state index contributed by atoms with van der Waals surface area (Å²) in [6.45, 7) is 0. The van der Waals surface area contributed by atoms with Crippen molar-refractivity contribution >= 4 is 5.71 Å². The van der Waals surface area contributed by atoms with E-state index in [4.69, 9.17) is 0 Å². The summed E-state index contributed by atoms with van der Waals surface area (Å²) in [6, 6.07) is 13.5. The minimum Gasteiger partial charge on any atom is -0.286 e. The van der Waals surface area contributed by atoms with E-state index >= 15 is 0 Å². The standard InChI is InChI=1S/C17H12F7N/c1-25-14(15(18,19)16(20,21)17(22,23)24)13-9-7-12(8-10-13)11-5-3-2-4-6-11/h2-10H,1H3. The van der Waals surface area contributed by atoms with E-state index in [9.17, 15) is 30.7 Å². The molecule has 0 N–H and O–H groups in total. The highest BCUT2D eigenvalue weighted by atomic mass is 19.4. The van der Waals surface area contributed by atoms with Crippen molar-refractivity contribution < 1.29 is 30.7 Å². The summed E-state index contributed by atoms with van der Waals surface area (Å²) in [6.07, 6.45) is -6.41. The molecule has 0 saturated heterocycles. The number of rotatable bonds is 4. The van der Waals surface area contributed by atoms with Crippen molar-refractivity contribution in [2.24, 2.45) is 4.99 Å². The van der Waals surface area contributed by atoms with Gasteiger partial charge in [-0.25, -0.2) is 0 Å². The molecule has 0 bridgehead atoms. The van der Waals surface area contributed by atoms with Crippen LogP contribution in [0.15, 0.2) is 59.6 Å². The SMILES string of the molecule is CN=C(c1ccc(-c2ccccc2)cc1)C(F)(F)C(F)(F)C(F)(F)F. The maximum absolute atomic E-state index is 13.9. The summed E-state index contributed by atoms with van der Waals surface area (Å²) < 4.78 is 91.2. The Labute approximate surface area is 138 Å². The van der Waals surface area contributed by atoms with Crippen LogP contribution in [0.25, 0.3) is 11.1 Å². The fourth-order valence-corrected chi connectivity index (χ4v) is 2.23. The molecule has 2 rings (SSSR count). The molecule has 25 heavy (non-hydrogen) atoms. The van der Waals surface area contributed by atoms with Gasteiger partial charge in [-0.2, -0.15) is 30.7 Å². The van der Waals surface area contributed by atoms with Gasteiger partial charge in [-0.1, -0.05) is 54.6 Å². The zero-order valence-corrected chi connectivity index (χ0v) is 12.8. The first-order valence-electron chi connectivity index (χ1n) is 6.98. The maximum atomic E-state index is 13.9. The van der Waals surface area contributed by atoms with Gasteiger partial charge in [0.2, 0.25) is 0 Å².